The fourth-order valence-electron chi connectivity index (χ4n) is 2.73. The molecule has 2 N–H and O–H groups in total. The third-order valence-electron chi connectivity index (χ3n) is 4.35. The Morgan fingerprint density at radius 3 is 2.28 bits per heavy atom. The number of allylic oxidation sites excluding steroid dienone is 1. The molecule has 0 saturated heterocycles. The van der Waals surface area contributed by atoms with Crippen LogP contribution in [0.25, 0.3) is 16.8 Å². The van der Waals surface area contributed by atoms with E-state index in [1.54, 1.807) is 6.08 Å². The van der Waals surface area contributed by atoms with Crippen LogP contribution >= 0.6 is 0 Å². The maximum absolute atomic E-state index is 12.4. The number of carbonyl (C=O) groups is 2. The highest BCUT2D eigenvalue weighted by molar-refractivity contribution is 7.89. The summed E-state index contributed by atoms with van der Waals surface area (Å²) in [5.74, 6) is -1.55. The van der Waals surface area contributed by atoms with E-state index in [-0.39, 0.29) is 10.7 Å². The molecule has 3 aromatic rings. The second-order valence-corrected chi connectivity index (χ2v) is 8.22. The quantitative estimate of drug-likeness (QED) is 0.460. The summed E-state index contributed by atoms with van der Waals surface area (Å²) in [4.78, 5) is 23.1. The predicted octanol–water partition coefficient (Wildman–Crippen LogP) is 3.49. The van der Waals surface area contributed by atoms with E-state index in [1.165, 1.54) is 37.3 Å². The molecule has 7 heteroatoms. The molecule has 0 fully saturated rings. The third kappa shape index (κ3) is 4.96. The SMILES string of the molecule is CC(NS(=O)(=O)c1ccc(C(=O)/C=C/c2ccc3ccccc3c2)cc1)C(=O)O. The molecule has 0 radical (unpaired) electrons. The first kappa shape index (κ1) is 20.4. The average Bonchev–Trinajstić information content (AvgIpc) is 2.71. The monoisotopic (exact) mass is 409 g/mol. The van der Waals surface area contributed by atoms with Crippen LogP contribution in [0.15, 0.2) is 77.7 Å². The number of benzene rings is 3. The molecule has 148 valence electrons. The Kier molecular flexibility index (Phi) is 5.91. The van der Waals surface area contributed by atoms with Gasteiger partial charge in [0.2, 0.25) is 10.0 Å². The topological polar surface area (TPSA) is 101 Å². The first-order valence-corrected chi connectivity index (χ1v) is 10.3. The summed E-state index contributed by atoms with van der Waals surface area (Å²) in [6, 6.07) is 17.9. The van der Waals surface area contributed by atoms with Crippen LogP contribution in [0.1, 0.15) is 22.8 Å². The minimum Gasteiger partial charge on any atom is -0.480 e. The highest BCUT2D eigenvalue weighted by Crippen LogP contribution is 2.17. The van der Waals surface area contributed by atoms with Crippen molar-refractivity contribution < 1.29 is 23.1 Å². The Bertz CT molecular complexity index is 1200. The zero-order valence-electron chi connectivity index (χ0n) is 15.6. The Balaban J connectivity index is 1.74. The van der Waals surface area contributed by atoms with Gasteiger partial charge in [-0.15, -0.1) is 0 Å². The van der Waals surface area contributed by atoms with Gasteiger partial charge in [0.1, 0.15) is 6.04 Å². The standard InChI is InChI=1S/C22H19NO5S/c1-15(22(25)26)23-29(27,28)20-11-9-18(10-12-20)21(24)13-7-16-6-8-17-4-2-3-5-19(17)14-16/h2-15,23H,1H3,(H,25,26)/b13-7+. The van der Waals surface area contributed by atoms with Crippen LogP contribution < -0.4 is 4.72 Å². The largest absolute Gasteiger partial charge is 0.480 e. The normalized spacial score (nSPS) is 12.9. The number of sulfonamides is 1. The molecular weight excluding hydrogens is 390 g/mol. The highest BCUT2D eigenvalue weighted by Gasteiger charge is 2.21. The number of hydrogen-bond acceptors (Lipinski definition) is 4. The second-order valence-electron chi connectivity index (χ2n) is 6.51. The number of ketones is 1. The minimum atomic E-state index is -3.98. The fraction of sp³-hybridized carbons (Fsp3) is 0.0909. The van der Waals surface area contributed by atoms with Crippen molar-refractivity contribution in [1.82, 2.24) is 4.72 Å². The van der Waals surface area contributed by atoms with Crippen LogP contribution in [-0.2, 0) is 14.8 Å². The Morgan fingerprint density at radius 1 is 0.966 bits per heavy atom. The Morgan fingerprint density at radius 2 is 1.62 bits per heavy atom. The molecule has 0 heterocycles. The molecule has 0 aliphatic carbocycles. The maximum atomic E-state index is 12.4. The van der Waals surface area contributed by atoms with Gasteiger partial charge < -0.3 is 5.11 Å². The molecule has 0 amide bonds. The van der Waals surface area contributed by atoms with Crippen molar-refractivity contribution >= 4 is 38.6 Å². The molecule has 1 atom stereocenters. The molecule has 0 bridgehead atoms. The fourth-order valence-corrected chi connectivity index (χ4v) is 3.93. The number of carboxylic acid groups (broad SMARTS) is 1. The average molecular weight is 409 g/mol. The van der Waals surface area contributed by atoms with Crippen molar-refractivity contribution in [1.29, 1.82) is 0 Å². The van der Waals surface area contributed by atoms with Gasteiger partial charge in [-0.2, -0.15) is 4.72 Å². The van der Waals surface area contributed by atoms with E-state index in [1.807, 2.05) is 42.5 Å². The number of carboxylic acids is 1. The van der Waals surface area contributed by atoms with Crippen molar-refractivity contribution in [2.45, 2.75) is 17.9 Å². The second kappa shape index (κ2) is 8.38. The molecule has 29 heavy (non-hydrogen) atoms. The summed E-state index contributed by atoms with van der Waals surface area (Å²) in [7, 11) is -3.98. The van der Waals surface area contributed by atoms with Crippen LogP contribution in [-0.4, -0.2) is 31.3 Å². The van der Waals surface area contributed by atoms with E-state index in [4.69, 9.17) is 5.11 Å². The summed E-state index contributed by atoms with van der Waals surface area (Å²) in [6.45, 7) is 1.23. The van der Waals surface area contributed by atoms with Gasteiger partial charge in [0.15, 0.2) is 5.78 Å². The van der Waals surface area contributed by atoms with E-state index < -0.39 is 22.0 Å². The summed E-state index contributed by atoms with van der Waals surface area (Å²) in [5.41, 5.74) is 1.20. The number of carbonyl (C=O) groups excluding carboxylic acids is 1. The van der Waals surface area contributed by atoms with Gasteiger partial charge in [0.25, 0.3) is 0 Å². The lowest BCUT2D eigenvalue weighted by molar-refractivity contribution is -0.138. The van der Waals surface area contributed by atoms with E-state index in [2.05, 4.69) is 4.72 Å². The Hall–Kier alpha value is -3.29. The van der Waals surface area contributed by atoms with Gasteiger partial charge in [0.05, 0.1) is 4.90 Å². The molecule has 0 aromatic heterocycles. The molecule has 3 rings (SSSR count). The van der Waals surface area contributed by atoms with Crippen LogP contribution in [0, 0.1) is 0 Å². The smallest absolute Gasteiger partial charge is 0.321 e. The van der Waals surface area contributed by atoms with Crippen molar-refractivity contribution in [3.05, 3.63) is 83.9 Å². The Labute approximate surface area is 168 Å². The van der Waals surface area contributed by atoms with Gasteiger partial charge in [0, 0.05) is 5.56 Å². The summed E-state index contributed by atoms with van der Waals surface area (Å²) in [5, 5.41) is 11.0. The lowest BCUT2D eigenvalue weighted by Gasteiger charge is -2.10. The van der Waals surface area contributed by atoms with Crippen molar-refractivity contribution in [3.8, 4) is 0 Å². The maximum Gasteiger partial charge on any atom is 0.321 e. The van der Waals surface area contributed by atoms with Crippen LogP contribution in [0.2, 0.25) is 0 Å². The van der Waals surface area contributed by atoms with Gasteiger partial charge in [-0.25, -0.2) is 8.42 Å². The number of nitrogens with one attached hydrogen (secondary N) is 1. The lowest BCUT2D eigenvalue weighted by Crippen LogP contribution is -2.38. The van der Waals surface area contributed by atoms with Crippen LogP contribution in [0.3, 0.4) is 0 Å². The van der Waals surface area contributed by atoms with Gasteiger partial charge in [-0.05, 0) is 59.7 Å². The third-order valence-corrected chi connectivity index (χ3v) is 5.91. The minimum absolute atomic E-state index is 0.111. The summed E-state index contributed by atoms with van der Waals surface area (Å²) >= 11 is 0. The lowest BCUT2D eigenvalue weighted by atomic mass is 10.1. The van der Waals surface area contributed by atoms with Crippen LogP contribution in [0.4, 0.5) is 0 Å². The summed E-state index contributed by atoms with van der Waals surface area (Å²) < 4.78 is 26.4. The van der Waals surface area contributed by atoms with E-state index in [9.17, 15) is 18.0 Å². The van der Waals surface area contributed by atoms with Crippen molar-refractivity contribution in [2.75, 3.05) is 0 Å². The highest BCUT2D eigenvalue weighted by atomic mass is 32.2. The van der Waals surface area contributed by atoms with E-state index in [0.717, 1.165) is 16.3 Å². The zero-order chi connectivity index (χ0) is 21.0. The summed E-state index contributed by atoms with van der Waals surface area (Å²) in [6.07, 6.45) is 3.13. The van der Waals surface area contributed by atoms with Crippen LogP contribution in [0.5, 0.6) is 0 Å². The molecule has 1 unspecified atom stereocenters. The van der Waals surface area contributed by atoms with E-state index in [0.29, 0.717) is 5.56 Å². The van der Waals surface area contributed by atoms with Gasteiger partial charge in [-0.1, -0.05) is 42.5 Å². The first-order valence-electron chi connectivity index (χ1n) is 8.83. The number of hydrogen-bond donors (Lipinski definition) is 2. The molecule has 0 spiro atoms. The van der Waals surface area contributed by atoms with Crippen molar-refractivity contribution in [3.63, 3.8) is 0 Å². The number of rotatable bonds is 7. The molecule has 0 saturated carbocycles. The molecule has 0 aliphatic heterocycles. The predicted molar refractivity (Wildman–Crippen MR) is 111 cm³/mol. The van der Waals surface area contributed by atoms with Gasteiger partial charge in [-0.3, -0.25) is 9.59 Å². The zero-order valence-corrected chi connectivity index (χ0v) is 16.4. The van der Waals surface area contributed by atoms with Gasteiger partial charge >= 0.3 is 5.97 Å². The molecule has 0 aliphatic rings. The molecule has 3 aromatic carbocycles. The number of aliphatic carboxylic acids is 1. The van der Waals surface area contributed by atoms with E-state index >= 15 is 0 Å². The molecule has 6 nitrogen and oxygen atoms in total. The number of fused-ring (bicyclic) bond motifs is 1. The van der Waals surface area contributed by atoms with Crippen molar-refractivity contribution in [2.24, 2.45) is 0 Å². The first-order chi connectivity index (χ1) is 13.8. The molecular formula is C22H19NO5S.